The SMILES string of the molecule is C[C@H](N)[C@@H]1CCCN(C(=O)CCCOc2ccccc2F)C1. The first-order valence-electron chi connectivity index (χ1n) is 7.98. The Labute approximate surface area is 131 Å². The molecule has 0 aromatic heterocycles. The number of carbonyl (C=O) groups is 1. The van der Waals surface area contributed by atoms with E-state index in [1.165, 1.54) is 6.07 Å². The van der Waals surface area contributed by atoms with Gasteiger partial charge in [-0.15, -0.1) is 0 Å². The summed E-state index contributed by atoms with van der Waals surface area (Å²) in [7, 11) is 0. The Morgan fingerprint density at radius 3 is 3.00 bits per heavy atom. The number of nitrogens with zero attached hydrogens (tertiary/aromatic N) is 1. The molecule has 22 heavy (non-hydrogen) atoms. The summed E-state index contributed by atoms with van der Waals surface area (Å²) in [5.41, 5.74) is 5.94. The second-order valence-corrected chi connectivity index (χ2v) is 5.98. The molecule has 0 saturated carbocycles. The number of benzene rings is 1. The summed E-state index contributed by atoms with van der Waals surface area (Å²) in [6.45, 7) is 3.92. The Bertz CT molecular complexity index is 493. The number of amides is 1. The fourth-order valence-electron chi connectivity index (χ4n) is 2.79. The first-order valence-corrected chi connectivity index (χ1v) is 7.98. The molecule has 0 bridgehead atoms. The molecule has 1 heterocycles. The number of ether oxygens (including phenoxy) is 1. The second kappa shape index (κ2) is 8.13. The largest absolute Gasteiger partial charge is 0.491 e. The van der Waals surface area contributed by atoms with Gasteiger partial charge in [0.25, 0.3) is 0 Å². The van der Waals surface area contributed by atoms with Crippen LogP contribution in [0.4, 0.5) is 4.39 Å². The number of rotatable bonds is 6. The minimum absolute atomic E-state index is 0.125. The average Bonchev–Trinajstić information content (AvgIpc) is 2.53. The Kier molecular flexibility index (Phi) is 6.19. The van der Waals surface area contributed by atoms with Gasteiger partial charge in [-0.3, -0.25) is 4.79 Å². The molecule has 1 aromatic carbocycles. The number of hydrogen-bond donors (Lipinski definition) is 1. The maximum Gasteiger partial charge on any atom is 0.222 e. The normalized spacial score (nSPS) is 19.8. The van der Waals surface area contributed by atoms with Crippen molar-refractivity contribution in [3.63, 3.8) is 0 Å². The summed E-state index contributed by atoms with van der Waals surface area (Å²) in [5.74, 6) is 0.407. The van der Waals surface area contributed by atoms with E-state index in [1.54, 1.807) is 18.2 Å². The zero-order valence-electron chi connectivity index (χ0n) is 13.1. The van der Waals surface area contributed by atoms with E-state index in [0.29, 0.717) is 25.4 Å². The summed E-state index contributed by atoms with van der Waals surface area (Å²) in [6, 6.07) is 6.43. The number of hydrogen-bond acceptors (Lipinski definition) is 3. The number of nitrogens with two attached hydrogens (primary N) is 1. The van der Waals surface area contributed by atoms with Gasteiger partial charge in [-0.25, -0.2) is 4.39 Å². The van der Waals surface area contributed by atoms with Gasteiger partial charge in [0.15, 0.2) is 11.6 Å². The van der Waals surface area contributed by atoms with Gasteiger partial charge in [-0.2, -0.15) is 0 Å². The van der Waals surface area contributed by atoms with Crippen LogP contribution in [0, 0.1) is 11.7 Å². The first kappa shape index (κ1) is 16.7. The van der Waals surface area contributed by atoms with Gasteiger partial charge in [0.05, 0.1) is 6.61 Å². The van der Waals surface area contributed by atoms with Gasteiger partial charge in [0.1, 0.15) is 0 Å². The van der Waals surface area contributed by atoms with Crippen LogP contribution in [0.15, 0.2) is 24.3 Å². The number of piperidine rings is 1. The van der Waals surface area contributed by atoms with Crippen molar-refractivity contribution >= 4 is 5.91 Å². The highest BCUT2D eigenvalue weighted by atomic mass is 19.1. The third-order valence-electron chi connectivity index (χ3n) is 4.18. The molecule has 1 aliphatic rings. The van der Waals surface area contributed by atoms with Crippen molar-refractivity contribution in [3.05, 3.63) is 30.1 Å². The summed E-state index contributed by atoms with van der Waals surface area (Å²) in [4.78, 5) is 14.1. The van der Waals surface area contributed by atoms with Crippen LogP contribution in [0.1, 0.15) is 32.6 Å². The molecule has 0 radical (unpaired) electrons. The van der Waals surface area contributed by atoms with Crippen molar-refractivity contribution in [3.8, 4) is 5.75 Å². The molecule has 1 aromatic rings. The Morgan fingerprint density at radius 2 is 2.27 bits per heavy atom. The summed E-state index contributed by atoms with van der Waals surface area (Å²) < 4.78 is 18.7. The summed E-state index contributed by atoms with van der Waals surface area (Å²) in [5, 5.41) is 0. The smallest absolute Gasteiger partial charge is 0.222 e. The molecule has 5 heteroatoms. The number of para-hydroxylation sites is 1. The van der Waals surface area contributed by atoms with Gasteiger partial charge in [-0.05, 0) is 44.2 Å². The molecule has 1 amide bonds. The van der Waals surface area contributed by atoms with Crippen molar-refractivity contribution < 1.29 is 13.9 Å². The van der Waals surface area contributed by atoms with Crippen LogP contribution < -0.4 is 10.5 Å². The van der Waals surface area contributed by atoms with E-state index in [-0.39, 0.29) is 23.5 Å². The highest BCUT2D eigenvalue weighted by Gasteiger charge is 2.25. The van der Waals surface area contributed by atoms with Gasteiger partial charge in [0, 0.05) is 25.6 Å². The van der Waals surface area contributed by atoms with E-state index in [1.807, 2.05) is 11.8 Å². The third kappa shape index (κ3) is 4.70. The Morgan fingerprint density at radius 1 is 1.50 bits per heavy atom. The van der Waals surface area contributed by atoms with Crippen molar-refractivity contribution in [2.75, 3.05) is 19.7 Å². The zero-order valence-corrected chi connectivity index (χ0v) is 13.1. The lowest BCUT2D eigenvalue weighted by Gasteiger charge is -2.34. The fourth-order valence-corrected chi connectivity index (χ4v) is 2.79. The van der Waals surface area contributed by atoms with Crippen LogP contribution >= 0.6 is 0 Å². The van der Waals surface area contributed by atoms with Crippen molar-refractivity contribution in [2.45, 2.75) is 38.6 Å². The molecule has 2 N–H and O–H groups in total. The molecule has 0 aliphatic carbocycles. The van der Waals surface area contributed by atoms with Crippen LogP contribution in [0.25, 0.3) is 0 Å². The van der Waals surface area contributed by atoms with Crippen LogP contribution in [0.5, 0.6) is 5.75 Å². The Balaban J connectivity index is 1.70. The van der Waals surface area contributed by atoms with Gasteiger partial charge in [0.2, 0.25) is 5.91 Å². The van der Waals surface area contributed by atoms with Crippen molar-refractivity contribution in [2.24, 2.45) is 11.7 Å². The van der Waals surface area contributed by atoms with E-state index >= 15 is 0 Å². The minimum atomic E-state index is -0.371. The monoisotopic (exact) mass is 308 g/mol. The quantitative estimate of drug-likeness (QED) is 0.822. The number of carbonyl (C=O) groups excluding carboxylic acids is 1. The fraction of sp³-hybridized carbons (Fsp3) is 0.588. The van der Waals surface area contributed by atoms with E-state index in [0.717, 1.165) is 25.9 Å². The second-order valence-electron chi connectivity index (χ2n) is 5.98. The highest BCUT2D eigenvalue weighted by molar-refractivity contribution is 5.76. The van der Waals surface area contributed by atoms with Gasteiger partial charge < -0.3 is 15.4 Å². The zero-order chi connectivity index (χ0) is 15.9. The average molecular weight is 308 g/mol. The minimum Gasteiger partial charge on any atom is -0.491 e. The standard InChI is InChI=1S/C17H25FN2O2/c1-13(19)14-6-4-10-20(12-14)17(21)9-5-11-22-16-8-3-2-7-15(16)18/h2-3,7-8,13-14H,4-6,9-12,19H2,1H3/t13-,14+/m0/s1. The molecule has 122 valence electrons. The molecule has 1 fully saturated rings. The van der Waals surface area contributed by atoms with E-state index in [9.17, 15) is 9.18 Å². The van der Waals surface area contributed by atoms with Gasteiger partial charge >= 0.3 is 0 Å². The van der Waals surface area contributed by atoms with E-state index < -0.39 is 0 Å². The van der Waals surface area contributed by atoms with Crippen molar-refractivity contribution in [1.82, 2.24) is 4.90 Å². The lowest BCUT2D eigenvalue weighted by molar-refractivity contribution is -0.133. The number of likely N-dealkylation sites (tertiary alicyclic amines) is 1. The molecular formula is C17H25FN2O2. The molecule has 1 saturated heterocycles. The molecule has 2 atom stereocenters. The predicted octanol–water partition coefficient (Wildman–Crippen LogP) is 2.57. The number of halogens is 1. The molecule has 0 spiro atoms. The first-order chi connectivity index (χ1) is 10.6. The molecule has 1 aliphatic heterocycles. The van der Waals surface area contributed by atoms with Gasteiger partial charge in [-0.1, -0.05) is 12.1 Å². The molecule has 4 nitrogen and oxygen atoms in total. The molecule has 0 unspecified atom stereocenters. The lowest BCUT2D eigenvalue weighted by atomic mass is 9.92. The predicted molar refractivity (Wildman–Crippen MR) is 84.1 cm³/mol. The molecule has 2 rings (SSSR count). The topological polar surface area (TPSA) is 55.6 Å². The van der Waals surface area contributed by atoms with Crippen LogP contribution in [-0.4, -0.2) is 36.5 Å². The van der Waals surface area contributed by atoms with Crippen LogP contribution in [-0.2, 0) is 4.79 Å². The molecular weight excluding hydrogens is 283 g/mol. The van der Waals surface area contributed by atoms with Crippen LogP contribution in [0.2, 0.25) is 0 Å². The lowest BCUT2D eigenvalue weighted by Crippen LogP contribution is -2.45. The maximum atomic E-state index is 13.4. The van der Waals surface area contributed by atoms with Crippen LogP contribution in [0.3, 0.4) is 0 Å². The Hall–Kier alpha value is -1.62. The maximum absolute atomic E-state index is 13.4. The summed E-state index contributed by atoms with van der Waals surface area (Å²) >= 11 is 0. The van der Waals surface area contributed by atoms with Crippen molar-refractivity contribution in [1.29, 1.82) is 0 Å². The third-order valence-corrected chi connectivity index (χ3v) is 4.18. The van der Waals surface area contributed by atoms with E-state index in [4.69, 9.17) is 10.5 Å². The summed E-state index contributed by atoms with van der Waals surface area (Å²) in [6.07, 6.45) is 3.13. The van der Waals surface area contributed by atoms with E-state index in [2.05, 4.69) is 0 Å². The highest BCUT2D eigenvalue weighted by Crippen LogP contribution is 2.20.